The molecule has 5 nitrogen and oxygen atoms in total. The van der Waals surface area contributed by atoms with Crippen molar-refractivity contribution in [3.63, 3.8) is 0 Å². The van der Waals surface area contributed by atoms with E-state index in [2.05, 4.69) is 0 Å². The molecular formula is C10H8F6N2O3. The standard InChI is InChI=1S/C10H8F6N2O3/c1-17-3-4(7(20)18(2)8(17)21)5(19)6(9(11,12)13)10(14,15)16/h3,6H,1-2H3. The number of carbonyl (C=O) groups excluding carboxylic acids is 1. The Morgan fingerprint density at radius 3 is 1.86 bits per heavy atom. The van der Waals surface area contributed by atoms with E-state index in [1.165, 1.54) is 0 Å². The minimum atomic E-state index is -5.91. The molecule has 0 aliphatic heterocycles. The van der Waals surface area contributed by atoms with Crippen LogP contribution in [0.25, 0.3) is 0 Å². The number of alkyl halides is 6. The zero-order valence-electron chi connectivity index (χ0n) is 10.5. The Morgan fingerprint density at radius 2 is 1.48 bits per heavy atom. The van der Waals surface area contributed by atoms with Crippen LogP contribution in [0.4, 0.5) is 26.3 Å². The molecule has 0 spiro atoms. The van der Waals surface area contributed by atoms with Gasteiger partial charge >= 0.3 is 18.0 Å². The van der Waals surface area contributed by atoms with E-state index in [-0.39, 0.29) is 4.57 Å². The number of hydrogen-bond acceptors (Lipinski definition) is 3. The molecule has 0 radical (unpaired) electrons. The van der Waals surface area contributed by atoms with Crippen molar-refractivity contribution < 1.29 is 31.1 Å². The number of aromatic nitrogens is 2. The summed E-state index contributed by atoms with van der Waals surface area (Å²) in [5, 5.41) is 0. The maximum atomic E-state index is 12.4. The zero-order chi connectivity index (χ0) is 16.7. The first-order chi connectivity index (χ1) is 9.28. The molecule has 0 saturated heterocycles. The second-order valence-corrected chi connectivity index (χ2v) is 4.18. The lowest BCUT2D eigenvalue weighted by molar-refractivity contribution is -0.264. The first-order valence-electron chi connectivity index (χ1n) is 5.22. The molecule has 118 valence electrons. The lowest BCUT2D eigenvalue weighted by atomic mass is 9.98. The highest BCUT2D eigenvalue weighted by molar-refractivity contribution is 5.98. The van der Waals surface area contributed by atoms with Crippen LogP contribution >= 0.6 is 0 Å². The summed E-state index contributed by atoms with van der Waals surface area (Å²) in [6.45, 7) is 0. The Bertz CT molecular complexity index is 668. The monoisotopic (exact) mass is 318 g/mol. The normalized spacial score (nSPS) is 12.8. The number of nitrogens with zero attached hydrogens (tertiary/aromatic N) is 2. The van der Waals surface area contributed by atoms with Crippen molar-refractivity contribution in [3.8, 4) is 0 Å². The number of halogens is 6. The van der Waals surface area contributed by atoms with Gasteiger partial charge in [0.2, 0.25) is 5.92 Å². The van der Waals surface area contributed by atoms with Gasteiger partial charge in [0.25, 0.3) is 5.56 Å². The molecule has 0 unspecified atom stereocenters. The summed E-state index contributed by atoms with van der Waals surface area (Å²) in [6.07, 6.45) is -11.5. The van der Waals surface area contributed by atoms with E-state index in [9.17, 15) is 40.7 Å². The number of carbonyl (C=O) groups is 1. The van der Waals surface area contributed by atoms with Crippen LogP contribution in [0.5, 0.6) is 0 Å². The van der Waals surface area contributed by atoms with Crippen LogP contribution in [0.3, 0.4) is 0 Å². The highest BCUT2D eigenvalue weighted by Crippen LogP contribution is 2.40. The molecule has 0 atom stereocenters. The van der Waals surface area contributed by atoms with Crippen molar-refractivity contribution in [2.24, 2.45) is 20.0 Å². The van der Waals surface area contributed by atoms with Crippen molar-refractivity contribution in [2.75, 3.05) is 0 Å². The van der Waals surface area contributed by atoms with Crippen LogP contribution in [0.15, 0.2) is 15.8 Å². The smallest absolute Gasteiger partial charge is 0.303 e. The Kier molecular flexibility index (Phi) is 4.08. The Balaban J connectivity index is 3.57. The third-order valence-electron chi connectivity index (χ3n) is 2.63. The fourth-order valence-electron chi connectivity index (χ4n) is 1.62. The largest absolute Gasteiger partial charge is 0.407 e. The number of hydrogen-bond donors (Lipinski definition) is 0. The van der Waals surface area contributed by atoms with Gasteiger partial charge in [-0.15, -0.1) is 0 Å². The van der Waals surface area contributed by atoms with Crippen LogP contribution in [0.1, 0.15) is 10.4 Å². The van der Waals surface area contributed by atoms with E-state index in [1.54, 1.807) is 0 Å². The average molecular weight is 318 g/mol. The highest BCUT2D eigenvalue weighted by atomic mass is 19.4. The SMILES string of the molecule is Cn1cc(C(=O)C(C(F)(F)F)C(F)(F)F)c(=O)n(C)c1=O. The molecule has 1 aromatic rings. The Morgan fingerprint density at radius 1 is 1.05 bits per heavy atom. The fourth-order valence-corrected chi connectivity index (χ4v) is 1.62. The van der Waals surface area contributed by atoms with Gasteiger partial charge in [0, 0.05) is 20.3 Å². The molecule has 1 aromatic heterocycles. The molecule has 0 N–H and O–H groups in total. The van der Waals surface area contributed by atoms with Crippen molar-refractivity contribution in [1.29, 1.82) is 0 Å². The second-order valence-electron chi connectivity index (χ2n) is 4.18. The molecule has 1 rings (SSSR count). The summed E-state index contributed by atoms with van der Waals surface area (Å²) in [7, 11) is 1.81. The van der Waals surface area contributed by atoms with Crippen molar-refractivity contribution in [2.45, 2.75) is 12.4 Å². The molecule has 0 aliphatic rings. The first kappa shape index (κ1) is 17.0. The molecule has 0 bridgehead atoms. The quantitative estimate of drug-likeness (QED) is 0.604. The summed E-state index contributed by atoms with van der Waals surface area (Å²) in [5.74, 6) is -6.78. The minimum absolute atomic E-state index is 0.247. The molecular weight excluding hydrogens is 310 g/mol. The van der Waals surface area contributed by atoms with E-state index >= 15 is 0 Å². The summed E-state index contributed by atoms with van der Waals surface area (Å²) >= 11 is 0. The van der Waals surface area contributed by atoms with Crippen LogP contribution in [0, 0.1) is 5.92 Å². The number of Topliss-reactive ketones (excluding diaryl/α,β-unsaturated/α-hetero) is 1. The molecule has 21 heavy (non-hydrogen) atoms. The molecule has 1 heterocycles. The second kappa shape index (κ2) is 5.04. The van der Waals surface area contributed by atoms with Crippen molar-refractivity contribution in [1.82, 2.24) is 9.13 Å². The topological polar surface area (TPSA) is 61.1 Å². The van der Waals surface area contributed by atoms with Crippen molar-refractivity contribution in [3.05, 3.63) is 32.6 Å². The van der Waals surface area contributed by atoms with E-state index in [1.807, 2.05) is 0 Å². The summed E-state index contributed by atoms with van der Waals surface area (Å²) in [5.41, 5.74) is -3.88. The van der Waals surface area contributed by atoms with Crippen molar-refractivity contribution >= 4 is 5.78 Å². The predicted octanol–water partition coefficient (Wildman–Crippen LogP) is 1.01. The van der Waals surface area contributed by atoms with Crippen LogP contribution in [-0.4, -0.2) is 27.3 Å². The third-order valence-corrected chi connectivity index (χ3v) is 2.63. The maximum absolute atomic E-state index is 12.4. The van der Waals surface area contributed by atoms with Gasteiger partial charge in [0.1, 0.15) is 5.56 Å². The minimum Gasteiger partial charge on any atom is -0.303 e. The van der Waals surface area contributed by atoms with E-state index in [4.69, 9.17) is 0 Å². The zero-order valence-corrected chi connectivity index (χ0v) is 10.5. The summed E-state index contributed by atoms with van der Waals surface area (Å²) < 4.78 is 75.5. The Labute approximate surface area is 112 Å². The van der Waals surface area contributed by atoms with Gasteiger partial charge in [0.15, 0.2) is 5.78 Å². The average Bonchev–Trinajstić information content (AvgIpc) is 2.27. The molecule has 0 fully saturated rings. The lowest BCUT2D eigenvalue weighted by Gasteiger charge is -2.21. The fraction of sp³-hybridized carbons (Fsp3) is 0.500. The number of rotatable bonds is 2. The van der Waals surface area contributed by atoms with Crippen LogP contribution in [0.2, 0.25) is 0 Å². The summed E-state index contributed by atoms with van der Waals surface area (Å²) in [4.78, 5) is 34.3. The van der Waals surface area contributed by atoms with Gasteiger partial charge in [-0.1, -0.05) is 0 Å². The number of ketones is 1. The molecule has 11 heteroatoms. The van der Waals surface area contributed by atoms with Gasteiger partial charge < -0.3 is 4.57 Å². The van der Waals surface area contributed by atoms with Gasteiger partial charge in [-0.2, -0.15) is 26.3 Å². The molecule has 0 saturated carbocycles. The molecule has 0 amide bonds. The summed E-state index contributed by atoms with van der Waals surface area (Å²) in [6, 6.07) is 0. The third kappa shape index (κ3) is 3.16. The lowest BCUT2D eigenvalue weighted by Crippen LogP contribution is -2.46. The van der Waals surface area contributed by atoms with Gasteiger partial charge in [-0.25, -0.2) is 4.79 Å². The highest BCUT2D eigenvalue weighted by Gasteiger charge is 2.61. The van der Waals surface area contributed by atoms with E-state index in [0.29, 0.717) is 10.8 Å². The Hall–Kier alpha value is -2.07. The van der Waals surface area contributed by atoms with Gasteiger partial charge in [0.05, 0.1) is 0 Å². The van der Waals surface area contributed by atoms with E-state index in [0.717, 1.165) is 14.1 Å². The first-order valence-corrected chi connectivity index (χ1v) is 5.22. The predicted molar refractivity (Wildman–Crippen MR) is 56.9 cm³/mol. The maximum Gasteiger partial charge on any atom is 0.407 e. The van der Waals surface area contributed by atoms with Gasteiger partial charge in [-0.3, -0.25) is 14.2 Å². The molecule has 0 aliphatic carbocycles. The number of aryl methyl sites for hydroxylation is 1. The molecule has 0 aromatic carbocycles. The van der Waals surface area contributed by atoms with Crippen LogP contribution in [-0.2, 0) is 14.1 Å². The van der Waals surface area contributed by atoms with E-state index < -0.39 is 40.9 Å². The van der Waals surface area contributed by atoms with Gasteiger partial charge in [-0.05, 0) is 0 Å². The van der Waals surface area contributed by atoms with Crippen LogP contribution < -0.4 is 11.2 Å².